The van der Waals surface area contributed by atoms with Crippen LogP contribution in [0.1, 0.15) is 19.8 Å². The largest absolute Gasteiger partial charge is 0.288 e. The molecule has 0 saturated heterocycles. The smallest absolute Gasteiger partial charge is 0.0637 e. The molecule has 0 aromatic rings. The van der Waals surface area contributed by atoms with E-state index >= 15 is 0 Å². The summed E-state index contributed by atoms with van der Waals surface area (Å²) in [7, 11) is 1.80. The summed E-state index contributed by atoms with van der Waals surface area (Å²) in [6, 6.07) is 0. The van der Waals surface area contributed by atoms with Crippen LogP contribution in [0.5, 0.6) is 0 Å². The molecule has 0 radical (unpaired) electrons. The van der Waals surface area contributed by atoms with E-state index in [1.165, 1.54) is 12.0 Å². The predicted octanol–water partition coefficient (Wildman–Crippen LogP) is 2.91. The number of aliphatic imine (C=N–C) groups is 1. The van der Waals surface area contributed by atoms with Crippen molar-refractivity contribution in [3.8, 4) is 0 Å². The summed E-state index contributed by atoms with van der Waals surface area (Å²) in [5, 5.41) is 0. The van der Waals surface area contributed by atoms with Crippen LogP contribution < -0.4 is 0 Å². The van der Waals surface area contributed by atoms with Gasteiger partial charge in [0.2, 0.25) is 0 Å². The predicted molar refractivity (Wildman–Crippen MR) is 54.6 cm³/mol. The van der Waals surface area contributed by atoms with E-state index in [0.29, 0.717) is 0 Å². The Balaban J connectivity index is 2.76. The highest BCUT2D eigenvalue weighted by atomic mass is 14.7. The Labute approximate surface area is 74.2 Å². The van der Waals surface area contributed by atoms with Gasteiger partial charge in [-0.1, -0.05) is 32.1 Å². The molecule has 1 nitrogen and oxygen atoms in total. The maximum atomic E-state index is 4.11. The zero-order valence-corrected chi connectivity index (χ0v) is 7.80. The minimum absolute atomic E-state index is 0.995. The van der Waals surface area contributed by atoms with Crippen LogP contribution in [-0.2, 0) is 0 Å². The molecule has 1 aliphatic carbocycles. The minimum Gasteiger partial charge on any atom is -0.288 e. The minimum atomic E-state index is 0.995. The average Bonchev–Trinajstić information content (AvgIpc) is 2.05. The van der Waals surface area contributed by atoms with Crippen molar-refractivity contribution in [3.63, 3.8) is 0 Å². The molecule has 0 heterocycles. The first-order valence-corrected chi connectivity index (χ1v) is 4.32. The lowest BCUT2D eigenvalue weighted by Crippen LogP contribution is -2.00. The second-order valence-electron chi connectivity index (χ2n) is 2.94. The van der Waals surface area contributed by atoms with Gasteiger partial charge in [-0.25, -0.2) is 0 Å². The Morgan fingerprint density at radius 3 is 2.67 bits per heavy atom. The highest BCUT2D eigenvalue weighted by Gasteiger charge is 2.04. The highest BCUT2D eigenvalue weighted by molar-refractivity contribution is 6.11. The number of nitrogens with zero attached hydrogens (tertiary/aromatic N) is 1. The fourth-order valence-electron chi connectivity index (χ4n) is 1.30. The Kier molecular flexibility index (Phi) is 3.03. The van der Waals surface area contributed by atoms with Crippen molar-refractivity contribution in [3.05, 3.63) is 36.0 Å². The molecule has 1 heteroatoms. The molecule has 64 valence electrons. The van der Waals surface area contributed by atoms with Crippen LogP contribution in [0.25, 0.3) is 0 Å². The molecule has 0 N–H and O–H groups in total. The lowest BCUT2D eigenvalue weighted by Gasteiger charge is -2.09. The summed E-state index contributed by atoms with van der Waals surface area (Å²) in [6.07, 6.45) is 8.59. The van der Waals surface area contributed by atoms with Crippen LogP contribution in [0.4, 0.5) is 0 Å². The molecule has 0 aromatic heterocycles. The van der Waals surface area contributed by atoms with Crippen molar-refractivity contribution in [2.75, 3.05) is 7.05 Å². The maximum Gasteiger partial charge on any atom is 0.0637 e. The monoisotopic (exact) mass is 161 g/mol. The van der Waals surface area contributed by atoms with Gasteiger partial charge in [0.05, 0.1) is 5.71 Å². The molecule has 0 bridgehead atoms. The third-order valence-corrected chi connectivity index (χ3v) is 1.92. The average molecular weight is 161 g/mol. The van der Waals surface area contributed by atoms with Gasteiger partial charge in [0.25, 0.3) is 0 Å². The lowest BCUT2D eigenvalue weighted by molar-refractivity contribution is 0.925. The van der Waals surface area contributed by atoms with Crippen molar-refractivity contribution in [2.24, 2.45) is 4.99 Å². The molecule has 12 heavy (non-hydrogen) atoms. The zero-order valence-electron chi connectivity index (χ0n) is 7.80. The Morgan fingerprint density at radius 1 is 1.42 bits per heavy atom. The summed E-state index contributed by atoms with van der Waals surface area (Å²) >= 11 is 0. The SMILES string of the molecule is C=C1C=C(CCC)C=CC1=NC. The maximum absolute atomic E-state index is 4.11. The molecule has 1 rings (SSSR count). The molecular weight excluding hydrogens is 146 g/mol. The molecule has 0 atom stereocenters. The first-order chi connectivity index (χ1) is 5.77. The van der Waals surface area contributed by atoms with Crippen LogP contribution >= 0.6 is 0 Å². The van der Waals surface area contributed by atoms with Crippen LogP contribution in [0.3, 0.4) is 0 Å². The number of rotatable bonds is 2. The van der Waals surface area contributed by atoms with Crippen molar-refractivity contribution < 1.29 is 0 Å². The molecular formula is C11H15N. The van der Waals surface area contributed by atoms with E-state index in [0.717, 1.165) is 17.7 Å². The van der Waals surface area contributed by atoms with Crippen LogP contribution in [-0.4, -0.2) is 12.8 Å². The van der Waals surface area contributed by atoms with E-state index in [2.05, 4.69) is 30.6 Å². The zero-order chi connectivity index (χ0) is 8.97. The second kappa shape index (κ2) is 4.05. The van der Waals surface area contributed by atoms with Crippen molar-refractivity contribution in [1.29, 1.82) is 0 Å². The number of hydrogen-bond donors (Lipinski definition) is 0. The van der Waals surface area contributed by atoms with Gasteiger partial charge in [0.1, 0.15) is 0 Å². The fraction of sp³-hybridized carbons (Fsp3) is 0.364. The van der Waals surface area contributed by atoms with E-state index in [1.807, 2.05) is 6.08 Å². The summed E-state index contributed by atoms with van der Waals surface area (Å²) in [4.78, 5) is 4.11. The van der Waals surface area contributed by atoms with Gasteiger partial charge in [-0.05, 0) is 23.6 Å². The summed E-state index contributed by atoms with van der Waals surface area (Å²) in [5.74, 6) is 0. The van der Waals surface area contributed by atoms with E-state index in [9.17, 15) is 0 Å². The molecule has 0 unspecified atom stereocenters. The molecule has 0 spiro atoms. The van der Waals surface area contributed by atoms with Gasteiger partial charge in [0.15, 0.2) is 0 Å². The highest BCUT2D eigenvalue weighted by Crippen LogP contribution is 2.16. The third kappa shape index (κ3) is 1.94. The quantitative estimate of drug-likeness (QED) is 0.590. The first kappa shape index (κ1) is 8.98. The van der Waals surface area contributed by atoms with Crippen molar-refractivity contribution in [2.45, 2.75) is 19.8 Å². The molecule has 1 aliphatic rings. The van der Waals surface area contributed by atoms with Gasteiger partial charge in [-0.2, -0.15) is 0 Å². The topological polar surface area (TPSA) is 12.4 Å². The Hall–Kier alpha value is -1.11. The summed E-state index contributed by atoms with van der Waals surface area (Å²) in [5.41, 5.74) is 3.38. The molecule has 0 amide bonds. The van der Waals surface area contributed by atoms with Crippen molar-refractivity contribution >= 4 is 5.71 Å². The number of hydrogen-bond acceptors (Lipinski definition) is 1. The van der Waals surface area contributed by atoms with E-state index < -0.39 is 0 Å². The lowest BCUT2D eigenvalue weighted by atomic mass is 9.98. The second-order valence-corrected chi connectivity index (χ2v) is 2.94. The molecule has 0 aromatic carbocycles. The van der Waals surface area contributed by atoms with Crippen LogP contribution in [0.2, 0.25) is 0 Å². The standard InChI is InChI=1S/C11H15N/c1-4-5-10-6-7-11(12-3)9(2)8-10/h6-8H,2,4-5H2,1,3H3. The Bertz CT molecular complexity index is 267. The van der Waals surface area contributed by atoms with Gasteiger partial charge >= 0.3 is 0 Å². The number of allylic oxidation sites excluding steroid dienone is 5. The normalized spacial score (nSPS) is 20.0. The van der Waals surface area contributed by atoms with Gasteiger partial charge in [-0.3, -0.25) is 4.99 Å². The molecule has 0 aliphatic heterocycles. The van der Waals surface area contributed by atoms with Crippen LogP contribution in [0.15, 0.2) is 40.9 Å². The van der Waals surface area contributed by atoms with Gasteiger partial charge in [-0.15, -0.1) is 0 Å². The summed E-state index contributed by atoms with van der Waals surface area (Å²) < 4.78 is 0. The van der Waals surface area contributed by atoms with E-state index in [1.54, 1.807) is 7.05 Å². The van der Waals surface area contributed by atoms with Gasteiger partial charge < -0.3 is 0 Å². The molecule has 0 fully saturated rings. The molecule has 0 saturated carbocycles. The Morgan fingerprint density at radius 2 is 2.17 bits per heavy atom. The summed E-state index contributed by atoms with van der Waals surface area (Å²) in [6.45, 7) is 6.12. The van der Waals surface area contributed by atoms with E-state index in [-0.39, 0.29) is 0 Å². The first-order valence-electron chi connectivity index (χ1n) is 4.32. The van der Waals surface area contributed by atoms with Gasteiger partial charge in [0, 0.05) is 7.05 Å². The van der Waals surface area contributed by atoms with Crippen molar-refractivity contribution in [1.82, 2.24) is 0 Å². The fourth-order valence-corrected chi connectivity index (χ4v) is 1.30. The third-order valence-electron chi connectivity index (χ3n) is 1.92. The van der Waals surface area contributed by atoms with Crippen LogP contribution in [0, 0.1) is 0 Å². The van der Waals surface area contributed by atoms with E-state index in [4.69, 9.17) is 0 Å².